The molecule has 0 bridgehead atoms. The van der Waals surface area contributed by atoms with Crippen LogP contribution in [0.1, 0.15) is 20.3 Å². The summed E-state index contributed by atoms with van der Waals surface area (Å²) in [5.41, 5.74) is 0. The fourth-order valence-electron chi connectivity index (χ4n) is 1.48. The Morgan fingerprint density at radius 3 is 2.29 bits per heavy atom. The fourth-order valence-corrected chi connectivity index (χ4v) is 2.01. The minimum Gasteiger partial charge on any atom is -0.487 e. The minimum absolute atomic E-state index is 0.0555. The van der Waals surface area contributed by atoms with Crippen LogP contribution in [0.3, 0.4) is 0 Å². The summed E-state index contributed by atoms with van der Waals surface area (Å²) in [6.45, 7) is 3.29. The van der Waals surface area contributed by atoms with E-state index < -0.39 is 32.3 Å². The van der Waals surface area contributed by atoms with Crippen molar-refractivity contribution in [1.29, 1.82) is 0 Å². The van der Waals surface area contributed by atoms with Gasteiger partial charge in [-0.3, -0.25) is 4.79 Å². The Morgan fingerprint density at radius 2 is 1.86 bits per heavy atom. The molecule has 0 heterocycles. The van der Waals surface area contributed by atoms with Crippen LogP contribution in [0.5, 0.6) is 5.75 Å². The smallest absolute Gasteiger partial charge is 0.238 e. The van der Waals surface area contributed by atoms with E-state index in [9.17, 15) is 22.0 Å². The molecular weight excluding hydrogens is 306 g/mol. The van der Waals surface area contributed by atoms with Crippen molar-refractivity contribution in [2.45, 2.75) is 31.2 Å². The summed E-state index contributed by atoms with van der Waals surface area (Å²) in [6, 6.07) is 1.06. The van der Waals surface area contributed by atoms with Crippen molar-refractivity contribution >= 4 is 15.9 Å². The highest BCUT2D eigenvalue weighted by molar-refractivity contribution is 7.89. The van der Waals surface area contributed by atoms with Gasteiger partial charge in [-0.1, -0.05) is 0 Å². The Hall–Kier alpha value is -1.74. The van der Waals surface area contributed by atoms with Crippen molar-refractivity contribution in [1.82, 2.24) is 5.32 Å². The van der Waals surface area contributed by atoms with Crippen molar-refractivity contribution in [3.63, 3.8) is 0 Å². The van der Waals surface area contributed by atoms with Crippen LogP contribution in [0, 0.1) is 11.6 Å². The van der Waals surface area contributed by atoms with Gasteiger partial charge in [0.1, 0.15) is 0 Å². The highest BCUT2D eigenvalue weighted by Crippen LogP contribution is 2.25. The molecule has 21 heavy (non-hydrogen) atoms. The molecule has 1 amide bonds. The number of nitrogens with two attached hydrogens (primary N) is 1. The maximum atomic E-state index is 13.6. The van der Waals surface area contributed by atoms with E-state index >= 15 is 0 Å². The summed E-state index contributed by atoms with van der Waals surface area (Å²) in [5.74, 6) is -3.49. The molecule has 0 atom stereocenters. The molecular formula is C12H16F2N2O4S. The lowest BCUT2D eigenvalue weighted by Gasteiger charge is -2.11. The molecule has 0 aromatic heterocycles. The van der Waals surface area contributed by atoms with E-state index in [0.717, 1.165) is 0 Å². The number of benzene rings is 1. The molecule has 0 saturated carbocycles. The largest absolute Gasteiger partial charge is 0.487 e. The van der Waals surface area contributed by atoms with Crippen LogP contribution in [0.25, 0.3) is 0 Å². The predicted molar refractivity (Wildman–Crippen MR) is 71.1 cm³/mol. The second kappa shape index (κ2) is 6.81. The first-order chi connectivity index (χ1) is 9.61. The van der Waals surface area contributed by atoms with Crippen LogP contribution < -0.4 is 15.2 Å². The zero-order valence-electron chi connectivity index (χ0n) is 11.5. The number of halogens is 2. The second-order valence-electron chi connectivity index (χ2n) is 4.58. The Kier molecular flexibility index (Phi) is 5.62. The van der Waals surface area contributed by atoms with Crippen molar-refractivity contribution in [3.05, 3.63) is 23.8 Å². The lowest BCUT2D eigenvalue weighted by atomic mass is 10.3. The predicted octanol–water partition coefficient (Wildman–Crippen LogP) is 0.906. The van der Waals surface area contributed by atoms with Gasteiger partial charge in [0, 0.05) is 6.04 Å². The van der Waals surface area contributed by atoms with Gasteiger partial charge in [-0.15, -0.1) is 0 Å². The van der Waals surface area contributed by atoms with Crippen LogP contribution in [0.2, 0.25) is 0 Å². The summed E-state index contributed by atoms with van der Waals surface area (Å²) in [7, 11) is -4.21. The van der Waals surface area contributed by atoms with Gasteiger partial charge >= 0.3 is 0 Å². The molecule has 0 fully saturated rings. The number of sulfonamides is 1. The maximum absolute atomic E-state index is 13.6. The van der Waals surface area contributed by atoms with Gasteiger partial charge in [-0.05, 0) is 26.0 Å². The first-order valence-electron chi connectivity index (χ1n) is 6.05. The second-order valence-corrected chi connectivity index (χ2v) is 6.14. The quantitative estimate of drug-likeness (QED) is 0.813. The van der Waals surface area contributed by atoms with Crippen LogP contribution in [-0.4, -0.2) is 27.0 Å². The summed E-state index contributed by atoms with van der Waals surface area (Å²) >= 11 is 0. The lowest BCUT2D eigenvalue weighted by molar-refractivity contribution is -0.122. The minimum atomic E-state index is -4.21. The normalized spacial score (nSPS) is 11.5. The van der Waals surface area contributed by atoms with Gasteiger partial charge < -0.3 is 10.1 Å². The number of primary sulfonamides is 1. The van der Waals surface area contributed by atoms with E-state index in [1.54, 1.807) is 13.8 Å². The molecule has 0 radical (unpaired) electrons. The monoisotopic (exact) mass is 322 g/mol. The molecule has 9 heteroatoms. The van der Waals surface area contributed by atoms with Crippen LogP contribution in [0.4, 0.5) is 8.78 Å². The summed E-state index contributed by atoms with van der Waals surface area (Å²) in [4.78, 5) is 10.6. The van der Waals surface area contributed by atoms with E-state index in [1.807, 2.05) is 0 Å². The molecule has 6 nitrogen and oxygen atoms in total. The van der Waals surface area contributed by atoms with Gasteiger partial charge in [0.15, 0.2) is 17.4 Å². The molecule has 0 aliphatic heterocycles. The third-order valence-corrected chi connectivity index (χ3v) is 3.22. The number of rotatable bonds is 6. The van der Waals surface area contributed by atoms with E-state index in [0.29, 0.717) is 12.1 Å². The van der Waals surface area contributed by atoms with Gasteiger partial charge in [0.05, 0.1) is 17.9 Å². The molecule has 0 aliphatic carbocycles. The number of amides is 1. The van der Waals surface area contributed by atoms with Crippen LogP contribution in [-0.2, 0) is 14.8 Å². The Labute approximate surface area is 121 Å². The first-order valence-corrected chi connectivity index (χ1v) is 7.60. The number of nitrogens with one attached hydrogen (secondary N) is 1. The average Bonchev–Trinajstić information content (AvgIpc) is 2.30. The maximum Gasteiger partial charge on any atom is 0.238 e. The van der Waals surface area contributed by atoms with Gasteiger partial charge in [0.25, 0.3) is 0 Å². The van der Waals surface area contributed by atoms with E-state index in [4.69, 9.17) is 9.88 Å². The number of hydrogen-bond donors (Lipinski definition) is 2. The van der Waals surface area contributed by atoms with Gasteiger partial charge in [-0.25, -0.2) is 22.3 Å². The molecule has 0 aliphatic rings. The van der Waals surface area contributed by atoms with E-state index in [2.05, 4.69) is 5.32 Å². The Bertz CT molecular complexity index is 609. The zero-order chi connectivity index (χ0) is 16.2. The molecule has 1 aromatic carbocycles. The van der Waals surface area contributed by atoms with Crippen molar-refractivity contribution in [3.8, 4) is 5.75 Å². The summed E-state index contributed by atoms with van der Waals surface area (Å²) in [6.07, 6.45) is -0.0893. The van der Waals surface area contributed by atoms with Crippen LogP contribution >= 0.6 is 0 Å². The highest BCUT2D eigenvalue weighted by Gasteiger charge is 2.18. The third kappa shape index (κ3) is 5.27. The lowest BCUT2D eigenvalue weighted by Crippen LogP contribution is -2.31. The zero-order valence-corrected chi connectivity index (χ0v) is 12.3. The molecule has 118 valence electrons. The fraction of sp³-hybridized carbons (Fsp3) is 0.417. The highest BCUT2D eigenvalue weighted by atomic mass is 32.2. The van der Waals surface area contributed by atoms with Crippen molar-refractivity contribution in [2.24, 2.45) is 5.14 Å². The molecule has 0 saturated heterocycles. The van der Waals surface area contributed by atoms with Crippen LogP contribution in [0.15, 0.2) is 17.0 Å². The summed E-state index contributed by atoms with van der Waals surface area (Å²) < 4.78 is 54.0. The van der Waals surface area contributed by atoms with Gasteiger partial charge in [-0.2, -0.15) is 0 Å². The topological polar surface area (TPSA) is 98.5 Å². The Morgan fingerprint density at radius 1 is 1.33 bits per heavy atom. The molecule has 1 rings (SSSR count). The number of carbonyl (C=O) groups is 1. The molecule has 1 aromatic rings. The van der Waals surface area contributed by atoms with Gasteiger partial charge in [0.2, 0.25) is 15.9 Å². The first kappa shape index (κ1) is 17.3. The number of hydrogen-bond acceptors (Lipinski definition) is 4. The van der Waals surface area contributed by atoms with Crippen molar-refractivity contribution in [2.75, 3.05) is 6.61 Å². The number of ether oxygens (including phenoxy) is 1. The Balaban J connectivity index is 2.75. The average molecular weight is 322 g/mol. The SMILES string of the molecule is CC(C)NC(=O)CCOc1c(F)cc(S(N)(=O)=O)cc1F. The van der Waals surface area contributed by atoms with E-state index in [1.165, 1.54) is 0 Å². The number of carbonyl (C=O) groups excluding carboxylic acids is 1. The molecule has 0 unspecified atom stereocenters. The van der Waals surface area contributed by atoms with Crippen molar-refractivity contribution < 1.29 is 26.7 Å². The molecule has 3 N–H and O–H groups in total. The van der Waals surface area contributed by atoms with E-state index in [-0.39, 0.29) is 25.0 Å². The third-order valence-electron chi connectivity index (χ3n) is 2.33. The standard InChI is InChI=1S/C12H16F2N2O4S/c1-7(2)16-11(17)3-4-20-12-9(13)5-8(6-10(12)14)21(15,18)19/h5-7H,3-4H2,1-2H3,(H,16,17)(H2,15,18,19). The molecule has 0 spiro atoms. The summed E-state index contributed by atoms with van der Waals surface area (Å²) in [5, 5.41) is 7.36.